The number of morpholine rings is 1. The van der Waals surface area contributed by atoms with Gasteiger partial charge in [0.1, 0.15) is 17.9 Å². The molecule has 1 atom stereocenters. The zero-order valence-electron chi connectivity index (χ0n) is 16.1. The van der Waals surface area contributed by atoms with Crippen molar-refractivity contribution in [2.24, 2.45) is 7.05 Å². The Balaban J connectivity index is 2.16. The Hall–Kier alpha value is -2.46. The Kier molecular flexibility index (Phi) is 6.92. The maximum atomic E-state index is 12.7. The number of quaternary nitrogens is 1. The molecule has 1 amide bonds. The van der Waals surface area contributed by atoms with Crippen LogP contribution in [-0.2, 0) is 23.1 Å². The van der Waals surface area contributed by atoms with Crippen molar-refractivity contribution in [2.75, 3.05) is 52.2 Å². The fourth-order valence-electron chi connectivity index (χ4n) is 3.09. The van der Waals surface area contributed by atoms with Crippen LogP contribution in [0.3, 0.4) is 0 Å². The maximum Gasteiger partial charge on any atom is 0.332 e. The van der Waals surface area contributed by atoms with E-state index in [9.17, 15) is 19.2 Å². The molecule has 10 heteroatoms. The fourth-order valence-corrected chi connectivity index (χ4v) is 3.09. The number of rotatable bonds is 7. The van der Waals surface area contributed by atoms with Crippen LogP contribution in [0.2, 0.25) is 0 Å². The van der Waals surface area contributed by atoms with Gasteiger partial charge in [0.05, 0.1) is 20.3 Å². The molecule has 10 nitrogen and oxygen atoms in total. The molecule has 0 saturated carbocycles. The molecule has 2 heterocycles. The standard InChI is InChI=1S/C17H27N5O5/c1-4-5-22-15(18)14(16(25)20(3)17(22)26)12(23)10-19(2)11-13(24)21-6-8-27-9-7-21/h4-11,18H2,1-3H3/p+1. The van der Waals surface area contributed by atoms with Crippen LogP contribution in [0.1, 0.15) is 23.7 Å². The molecule has 0 spiro atoms. The number of ether oxygens (including phenoxy) is 1. The van der Waals surface area contributed by atoms with Crippen molar-refractivity contribution in [3.8, 4) is 0 Å². The van der Waals surface area contributed by atoms with Gasteiger partial charge in [-0.05, 0) is 6.42 Å². The first-order valence-electron chi connectivity index (χ1n) is 9.07. The molecule has 1 aromatic heterocycles. The van der Waals surface area contributed by atoms with Gasteiger partial charge in [-0.3, -0.25) is 23.5 Å². The van der Waals surface area contributed by atoms with Gasteiger partial charge in [0.2, 0.25) is 5.78 Å². The molecule has 1 unspecified atom stereocenters. The van der Waals surface area contributed by atoms with Gasteiger partial charge < -0.3 is 20.3 Å². The Bertz CT molecular complexity index is 822. The van der Waals surface area contributed by atoms with Crippen LogP contribution in [0, 0.1) is 0 Å². The average Bonchev–Trinajstić information content (AvgIpc) is 2.64. The number of hydrogen-bond donors (Lipinski definition) is 2. The molecule has 1 aromatic rings. The molecule has 150 valence electrons. The minimum atomic E-state index is -0.706. The molecule has 0 radical (unpaired) electrons. The van der Waals surface area contributed by atoms with Crippen molar-refractivity contribution in [3.05, 3.63) is 26.4 Å². The second-order valence-corrected chi connectivity index (χ2v) is 6.79. The number of ketones is 1. The van der Waals surface area contributed by atoms with Crippen LogP contribution < -0.4 is 21.9 Å². The molecule has 3 N–H and O–H groups in total. The summed E-state index contributed by atoms with van der Waals surface area (Å²) in [6.07, 6.45) is 0.634. The van der Waals surface area contributed by atoms with E-state index in [0.29, 0.717) is 44.2 Å². The van der Waals surface area contributed by atoms with Crippen LogP contribution in [0.4, 0.5) is 5.82 Å². The SMILES string of the molecule is CCCn1c(N)c(C(=O)C[NH+](C)CC(=O)N2CCOCC2)c(=O)n(C)c1=O. The van der Waals surface area contributed by atoms with E-state index in [-0.39, 0.29) is 30.4 Å². The first-order chi connectivity index (χ1) is 12.8. The maximum absolute atomic E-state index is 12.7. The van der Waals surface area contributed by atoms with Crippen molar-refractivity contribution < 1.29 is 19.2 Å². The number of anilines is 1. The lowest BCUT2D eigenvalue weighted by molar-refractivity contribution is -0.862. The predicted octanol–water partition coefficient (Wildman–Crippen LogP) is -2.90. The first-order valence-corrected chi connectivity index (χ1v) is 9.07. The number of aromatic nitrogens is 2. The molecule has 0 bridgehead atoms. The quantitative estimate of drug-likeness (QED) is 0.488. The summed E-state index contributed by atoms with van der Waals surface area (Å²) in [6, 6.07) is 0. The number of nitrogen functional groups attached to an aromatic ring is 1. The number of hydrogen-bond acceptors (Lipinski definition) is 6. The van der Waals surface area contributed by atoms with Gasteiger partial charge in [-0.15, -0.1) is 0 Å². The van der Waals surface area contributed by atoms with Gasteiger partial charge in [0, 0.05) is 26.7 Å². The molecule has 2 rings (SSSR count). The van der Waals surface area contributed by atoms with Gasteiger partial charge in [0.25, 0.3) is 11.5 Å². The van der Waals surface area contributed by atoms with Crippen molar-refractivity contribution in [3.63, 3.8) is 0 Å². The number of Topliss-reactive ketones (excluding diaryl/α,β-unsaturated/α-hetero) is 1. The summed E-state index contributed by atoms with van der Waals surface area (Å²) in [4.78, 5) is 51.9. The highest BCUT2D eigenvalue weighted by molar-refractivity contribution is 6.00. The van der Waals surface area contributed by atoms with E-state index in [2.05, 4.69) is 0 Å². The predicted molar refractivity (Wildman–Crippen MR) is 99.0 cm³/mol. The lowest BCUT2D eigenvalue weighted by Crippen LogP contribution is -3.11. The fraction of sp³-hybridized carbons (Fsp3) is 0.647. The third-order valence-electron chi connectivity index (χ3n) is 4.59. The summed E-state index contributed by atoms with van der Waals surface area (Å²) in [7, 11) is 3.03. The Morgan fingerprint density at radius 2 is 1.81 bits per heavy atom. The third kappa shape index (κ3) is 4.64. The van der Waals surface area contributed by atoms with Gasteiger partial charge in [-0.25, -0.2) is 4.79 Å². The molecule has 1 saturated heterocycles. The van der Waals surface area contributed by atoms with Crippen LogP contribution in [0.5, 0.6) is 0 Å². The highest BCUT2D eigenvalue weighted by Gasteiger charge is 2.26. The summed E-state index contributed by atoms with van der Waals surface area (Å²) in [6.45, 7) is 4.33. The molecule has 0 aliphatic carbocycles. The second-order valence-electron chi connectivity index (χ2n) is 6.79. The molecule has 1 fully saturated rings. The molecule has 1 aliphatic rings. The molecule has 0 aromatic carbocycles. The van der Waals surface area contributed by atoms with Crippen LogP contribution in [0.15, 0.2) is 9.59 Å². The molecular weight excluding hydrogens is 354 g/mol. The number of likely N-dealkylation sites (N-methyl/N-ethyl adjacent to an activating group) is 1. The largest absolute Gasteiger partial charge is 0.384 e. The zero-order valence-corrected chi connectivity index (χ0v) is 16.1. The number of nitrogens with one attached hydrogen (secondary N) is 1. The summed E-state index contributed by atoms with van der Waals surface area (Å²) >= 11 is 0. The third-order valence-corrected chi connectivity index (χ3v) is 4.59. The zero-order chi connectivity index (χ0) is 20.1. The van der Waals surface area contributed by atoms with Crippen LogP contribution in [-0.4, -0.2) is 72.2 Å². The second kappa shape index (κ2) is 8.96. The molecule has 1 aliphatic heterocycles. The van der Waals surface area contributed by atoms with Crippen LogP contribution in [0.25, 0.3) is 0 Å². The Morgan fingerprint density at radius 1 is 1.19 bits per heavy atom. The van der Waals surface area contributed by atoms with Crippen molar-refractivity contribution in [1.29, 1.82) is 0 Å². The number of carbonyl (C=O) groups is 2. The van der Waals surface area contributed by atoms with Gasteiger partial charge in [0.15, 0.2) is 6.54 Å². The average molecular weight is 382 g/mol. The number of carbonyl (C=O) groups excluding carboxylic acids is 2. The lowest BCUT2D eigenvalue weighted by atomic mass is 10.1. The topological polar surface area (TPSA) is 121 Å². The molecular formula is C17H28N5O5+. The van der Waals surface area contributed by atoms with Crippen molar-refractivity contribution >= 4 is 17.5 Å². The summed E-state index contributed by atoms with van der Waals surface area (Å²) < 4.78 is 7.36. The van der Waals surface area contributed by atoms with E-state index in [0.717, 1.165) is 4.57 Å². The number of amides is 1. The van der Waals surface area contributed by atoms with E-state index >= 15 is 0 Å². The van der Waals surface area contributed by atoms with E-state index in [1.165, 1.54) is 11.6 Å². The van der Waals surface area contributed by atoms with Crippen LogP contribution >= 0.6 is 0 Å². The Labute approximate surface area is 157 Å². The summed E-state index contributed by atoms with van der Waals surface area (Å²) in [5.74, 6) is -0.659. The smallest absolute Gasteiger partial charge is 0.332 e. The molecule has 27 heavy (non-hydrogen) atoms. The van der Waals surface area contributed by atoms with Crippen molar-refractivity contribution in [2.45, 2.75) is 19.9 Å². The normalized spacial score (nSPS) is 15.6. The number of nitrogens with two attached hydrogens (primary N) is 1. The Morgan fingerprint density at radius 3 is 2.41 bits per heavy atom. The number of nitrogens with zero attached hydrogens (tertiary/aromatic N) is 3. The van der Waals surface area contributed by atoms with E-state index in [1.54, 1.807) is 11.9 Å². The van der Waals surface area contributed by atoms with E-state index in [1.807, 2.05) is 6.92 Å². The van der Waals surface area contributed by atoms with Gasteiger partial charge in [-0.2, -0.15) is 0 Å². The summed E-state index contributed by atoms with van der Waals surface area (Å²) in [5.41, 5.74) is 4.53. The van der Waals surface area contributed by atoms with Gasteiger partial charge >= 0.3 is 5.69 Å². The highest BCUT2D eigenvalue weighted by atomic mass is 16.5. The minimum Gasteiger partial charge on any atom is -0.384 e. The van der Waals surface area contributed by atoms with Gasteiger partial charge in [-0.1, -0.05) is 6.92 Å². The highest BCUT2D eigenvalue weighted by Crippen LogP contribution is 2.05. The van der Waals surface area contributed by atoms with E-state index in [4.69, 9.17) is 10.5 Å². The van der Waals surface area contributed by atoms with Crippen molar-refractivity contribution in [1.82, 2.24) is 14.0 Å². The first kappa shape index (κ1) is 20.8. The summed E-state index contributed by atoms with van der Waals surface area (Å²) in [5, 5.41) is 0. The monoisotopic (exact) mass is 382 g/mol. The lowest BCUT2D eigenvalue weighted by Gasteiger charge is -2.27. The minimum absolute atomic E-state index is 0.0690. The van der Waals surface area contributed by atoms with E-state index < -0.39 is 17.0 Å².